The third-order valence-electron chi connectivity index (χ3n) is 3.59. The first kappa shape index (κ1) is 12.1. The number of nitrogen functional groups attached to an aromatic ring is 1. The fraction of sp³-hybridized carbons (Fsp3) is 0.400. The van der Waals surface area contributed by atoms with E-state index in [0.717, 1.165) is 35.8 Å². The number of benzene rings is 1. The van der Waals surface area contributed by atoms with Crippen molar-refractivity contribution >= 4 is 5.82 Å². The van der Waals surface area contributed by atoms with Gasteiger partial charge in [0.1, 0.15) is 11.6 Å². The molecule has 0 saturated carbocycles. The van der Waals surface area contributed by atoms with Gasteiger partial charge in [-0.15, -0.1) is 0 Å². The summed E-state index contributed by atoms with van der Waals surface area (Å²) >= 11 is 0. The zero-order chi connectivity index (χ0) is 13.2. The molecule has 0 atom stereocenters. The highest BCUT2D eigenvalue weighted by Gasteiger charge is 2.19. The van der Waals surface area contributed by atoms with Crippen LogP contribution in [0.1, 0.15) is 31.0 Å². The molecule has 0 amide bonds. The Bertz CT molecular complexity index is 572. The molecular formula is C15H19N3O. The van der Waals surface area contributed by atoms with E-state index in [-0.39, 0.29) is 0 Å². The second-order valence-electron chi connectivity index (χ2n) is 4.86. The molecule has 0 bridgehead atoms. The van der Waals surface area contributed by atoms with E-state index in [0.29, 0.717) is 6.61 Å². The molecule has 1 aliphatic carbocycles. The molecule has 19 heavy (non-hydrogen) atoms. The summed E-state index contributed by atoms with van der Waals surface area (Å²) in [5.41, 5.74) is 9.62. The highest BCUT2D eigenvalue weighted by Crippen LogP contribution is 2.28. The van der Waals surface area contributed by atoms with Crippen LogP contribution in [0.25, 0.3) is 5.69 Å². The Labute approximate surface area is 113 Å². The fourth-order valence-corrected chi connectivity index (χ4v) is 2.63. The van der Waals surface area contributed by atoms with E-state index in [1.54, 1.807) is 0 Å². The quantitative estimate of drug-likeness (QED) is 0.919. The molecule has 1 aliphatic rings. The Hall–Kier alpha value is -1.97. The lowest BCUT2D eigenvalue weighted by atomic mass is 9.98. The molecule has 4 nitrogen and oxygen atoms in total. The SMILES string of the molecule is CCOc1ccc(-n2nc3c(c2N)CCCC3)cc1. The normalized spacial score (nSPS) is 14.2. The summed E-state index contributed by atoms with van der Waals surface area (Å²) in [6, 6.07) is 7.91. The second kappa shape index (κ2) is 4.96. The Morgan fingerprint density at radius 3 is 2.63 bits per heavy atom. The lowest BCUT2D eigenvalue weighted by molar-refractivity contribution is 0.340. The van der Waals surface area contributed by atoms with Crippen LogP contribution in [0, 0.1) is 0 Å². The van der Waals surface area contributed by atoms with Gasteiger partial charge in [-0.2, -0.15) is 5.10 Å². The maximum atomic E-state index is 6.22. The molecule has 3 rings (SSSR count). The summed E-state index contributed by atoms with van der Waals surface area (Å²) in [7, 11) is 0. The summed E-state index contributed by atoms with van der Waals surface area (Å²) < 4.78 is 7.30. The number of aromatic nitrogens is 2. The van der Waals surface area contributed by atoms with E-state index in [1.807, 2.05) is 35.9 Å². The molecule has 1 aromatic heterocycles. The van der Waals surface area contributed by atoms with Crippen LogP contribution in [0.3, 0.4) is 0 Å². The van der Waals surface area contributed by atoms with Gasteiger partial charge in [0.05, 0.1) is 18.0 Å². The van der Waals surface area contributed by atoms with Gasteiger partial charge in [-0.3, -0.25) is 0 Å². The highest BCUT2D eigenvalue weighted by molar-refractivity contribution is 5.51. The number of fused-ring (bicyclic) bond motifs is 1. The molecular weight excluding hydrogens is 238 g/mol. The van der Waals surface area contributed by atoms with Crippen molar-refractivity contribution in [2.45, 2.75) is 32.6 Å². The van der Waals surface area contributed by atoms with Crippen molar-refractivity contribution in [3.8, 4) is 11.4 Å². The Morgan fingerprint density at radius 1 is 1.21 bits per heavy atom. The molecule has 4 heteroatoms. The van der Waals surface area contributed by atoms with Crippen molar-refractivity contribution in [3.05, 3.63) is 35.5 Å². The van der Waals surface area contributed by atoms with Crippen LogP contribution in [-0.2, 0) is 12.8 Å². The van der Waals surface area contributed by atoms with Crippen LogP contribution in [0.4, 0.5) is 5.82 Å². The van der Waals surface area contributed by atoms with E-state index in [9.17, 15) is 0 Å². The lowest BCUT2D eigenvalue weighted by Crippen LogP contribution is -2.03. The highest BCUT2D eigenvalue weighted by atomic mass is 16.5. The number of hydrogen-bond donors (Lipinski definition) is 1. The van der Waals surface area contributed by atoms with Gasteiger partial charge in [0.2, 0.25) is 0 Å². The molecule has 0 fully saturated rings. The molecule has 0 radical (unpaired) electrons. The molecule has 1 heterocycles. The summed E-state index contributed by atoms with van der Waals surface area (Å²) in [5, 5.41) is 4.65. The van der Waals surface area contributed by atoms with Crippen molar-refractivity contribution in [1.29, 1.82) is 0 Å². The standard InChI is InChI=1S/C15H19N3O/c1-2-19-12-9-7-11(8-10-12)18-15(16)13-5-3-4-6-14(13)17-18/h7-10H,2-6,16H2,1H3. The number of anilines is 1. The number of nitrogens with zero attached hydrogens (tertiary/aromatic N) is 2. The van der Waals surface area contributed by atoms with Gasteiger partial charge in [0.25, 0.3) is 0 Å². The minimum atomic E-state index is 0.678. The number of aryl methyl sites for hydroxylation is 1. The first-order chi connectivity index (χ1) is 9.29. The van der Waals surface area contributed by atoms with E-state index < -0.39 is 0 Å². The predicted octanol–water partition coefficient (Wildman–Crippen LogP) is 2.73. The minimum Gasteiger partial charge on any atom is -0.494 e. The van der Waals surface area contributed by atoms with Crippen LogP contribution in [0.5, 0.6) is 5.75 Å². The summed E-state index contributed by atoms with van der Waals surface area (Å²) in [5.74, 6) is 1.67. The molecule has 0 spiro atoms. The minimum absolute atomic E-state index is 0.678. The van der Waals surface area contributed by atoms with Gasteiger partial charge in [-0.1, -0.05) is 0 Å². The molecule has 0 saturated heterocycles. The third-order valence-corrected chi connectivity index (χ3v) is 3.59. The van der Waals surface area contributed by atoms with Crippen LogP contribution in [-0.4, -0.2) is 16.4 Å². The summed E-state index contributed by atoms with van der Waals surface area (Å²) in [6.07, 6.45) is 4.53. The van der Waals surface area contributed by atoms with Gasteiger partial charge in [0.15, 0.2) is 0 Å². The number of nitrogens with two attached hydrogens (primary N) is 1. The summed E-state index contributed by atoms with van der Waals surface area (Å²) in [6.45, 7) is 2.66. The van der Waals surface area contributed by atoms with E-state index in [2.05, 4.69) is 5.10 Å². The smallest absolute Gasteiger partial charge is 0.130 e. The van der Waals surface area contributed by atoms with Gasteiger partial charge in [-0.05, 0) is 56.9 Å². The van der Waals surface area contributed by atoms with Crippen LogP contribution < -0.4 is 10.5 Å². The van der Waals surface area contributed by atoms with Gasteiger partial charge in [0, 0.05) is 5.56 Å². The third kappa shape index (κ3) is 2.18. The molecule has 2 aromatic rings. The average molecular weight is 257 g/mol. The van der Waals surface area contributed by atoms with Crippen LogP contribution >= 0.6 is 0 Å². The van der Waals surface area contributed by atoms with Crippen LogP contribution in [0.2, 0.25) is 0 Å². The molecule has 100 valence electrons. The first-order valence-electron chi connectivity index (χ1n) is 6.89. The second-order valence-corrected chi connectivity index (χ2v) is 4.86. The van der Waals surface area contributed by atoms with Crippen molar-refractivity contribution in [3.63, 3.8) is 0 Å². The largest absolute Gasteiger partial charge is 0.494 e. The topological polar surface area (TPSA) is 53.1 Å². The van der Waals surface area contributed by atoms with E-state index in [1.165, 1.54) is 18.4 Å². The van der Waals surface area contributed by atoms with Crippen molar-refractivity contribution in [2.24, 2.45) is 0 Å². The fourth-order valence-electron chi connectivity index (χ4n) is 2.63. The number of ether oxygens (including phenoxy) is 1. The zero-order valence-corrected chi connectivity index (χ0v) is 11.2. The van der Waals surface area contributed by atoms with Crippen LogP contribution in [0.15, 0.2) is 24.3 Å². The number of rotatable bonds is 3. The molecule has 0 aliphatic heterocycles. The Kier molecular flexibility index (Phi) is 3.15. The van der Waals surface area contributed by atoms with E-state index in [4.69, 9.17) is 10.5 Å². The Balaban J connectivity index is 1.95. The van der Waals surface area contributed by atoms with Crippen molar-refractivity contribution < 1.29 is 4.74 Å². The molecule has 2 N–H and O–H groups in total. The average Bonchev–Trinajstić information content (AvgIpc) is 2.78. The lowest BCUT2D eigenvalue weighted by Gasteiger charge is -2.09. The number of hydrogen-bond acceptors (Lipinski definition) is 3. The van der Waals surface area contributed by atoms with Gasteiger partial charge in [-0.25, -0.2) is 4.68 Å². The maximum Gasteiger partial charge on any atom is 0.130 e. The molecule has 1 aromatic carbocycles. The summed E-state index contributed by atoms with van der Waals surface area (Å²) in [4.78, 5) is 0. The van der Waals surface area contributed by atoms with Gasteiger partial charge >= 0.3 is 0 Å². The first-order valence-corrected chi connectivity index (χ1v) is 6.89. The van der Waals surface area contributed by atoms with Crippen molar-refractivity contribution in [1.82, 2.24) is 9.78 Å². The Morgan fingerprint density at radius 2 is 1.95 bits per heavy atom. The molecule has 0 unspecified atom stereocenters. The predicted molar refractivity (Wildman–Crippen MR) is 75.8 cm³/mol. The van der Waals surface area contributed by atoms with Crippen molar-refractivity contribution in [2.75, 3.05) is 12.3 Å². The monoisotopic (exact) mass is 257 g/mol. The maximum absolute atomic E-state index is 6.22. The van der Waals surface area contributed by atoms with E-state index >= 15 is 0 Å². The van der Waals surface area contributed by atoms with Gasteiger partial charge < -0.3 is 10.5 Å². The zero-order valence-electron chi connectivity index (χ0n) is 11.2.